The smallest absolute Gasteiger partial charge is 0.310 e. The lowest BCUT2D eigenvalue weighted by Crippen LogP contribution is -2.44. The van der Waals surface area contributed by atoms with Crippen molar-refractivity contribution in [2.24, 2.45) is 5.92 Å². The molecule has 0 aliphatic carbocycles. The van der Waals surface area contributed by atoms with Crippen LogP contribution in [0.4, 0.5) is 0 Å². The molecule has 0 radical (unpaired) electrons. The van der Waals surface area contributed by atoms with Gasteiger partial charge in [0, 0.05) is 15.7 Å². The quantitative estimate of drug-likeness (QED) is 0.742. The van der Waals surface area contributed by atoms with E-state index < -0.39 is 11.9 Å². The molecule has 1 saturated heterocycles. The summed E-state index contributed by atoms with van der Waals surface area (Å²) in [4.78, 5) is 13.7. The SMILES string of the molecule is CCCN(C(C)c1ccc(I)cc1)C1COCC1C(=O)O. The van der Waals surface area contributed by atoms with Gasteiger partial charge in [-0.1, -0.05) is 19.1 Å². The molecule has 1 fully saturated rings. The Morgan fingerprint density at radius 2 is 2.10 bits per heavy atom. The molecule has 4 nitrogen and oxygen atoms in total. The van der Waals surface area contributed by atoms with Crippen molar-refractivity contribution in [2.75, 3.05) is 19.8 Å². The van der Waals surface area contributed by atoms with E-state index in [1.165, 1.54) is 9.13 Å². The molecule has 1 aliphatic heterocycles. The van der Waals surface area contributed by atoms with Crippen LogP contribution in [-0.2, 0) is 9.53 Å². The van der Waals surface area contributed by atoms with Crippen LogP contribution in [-0.4, -0.2) is 41.8 Å². The third-order valence-electron chi connectivity index (χ3n) is 4.13. The number of ether oxygens (including phenoxy) is 1. The minimum atomic E-state index is -0.756. The Bertz CT molecular complexity index is 477. The highest BCUT2D eigenvalue weighted by atomic mass is 127. The van der Waals surface area contributed by atoms with Gasteiger partial charge >= 0.3 is 5.97 Å². The summed E-state index contributed by atoms with van der Waals surface area (Å²) in [7, 11) is 0. The largest absolute Gasteiger partial charge is 0.481 e. The molecule has 0 bridgehead atoms. The zero-order chi connectivity index (χ0) is 15.4. The number of hydrogen-bond acceptors (Lipinski definition) is 3. The molecular weight excluding hydrogens is 381 g/mol. The highest BCUT2D eigenvalue weighted by molar-refractivity contribution is 14.1. The first-order valence-electron chi connectivity index (χ1n) is 7.36. The molecule has 1 aromatic rings. The number of carboxylic acid groups (broad SMARTS) is 1. The zero-order valence-electron chi connectivity index (χ0n) is 12.5. The summed E-state index contributed by atoms with van der Waals surface area (Å²) in [6, 6.07) is 8.58. The molecule has 0 aromatic heterocycles. The number of nitrogens with zero attached hydrogens (tertiary/aromatic N) is 1. The molecule has 1 aromatic carbocycles. The Morgan fingerprint density at radius 1 is 1.43 bits per heavy atom. The molecule has 0 saturated carbocycles. The van der Waals surface area contributed by atoms with Gasteiger partial charge in [-0.2, -0.15) is 0 Å². The Balaban J connectivity index is 2.21. The minimum absolute atomic E-state index is 0.0447. The number of aliphatic carboxylic acids is 1. The van der Waals surface area contributed by atoms with Crippen LogP contribution in [0.2, 0.25) is 0 Å². The second-order valence-electron chi connectivity index (χ2n) is 5.51. The van der Waals surface area contributed by atoms with Crippen LogP contribution in [0.3, 0.4) is 0 Å². The van der Waals surface area contributed by atoms with Crippen molar-refractivity contribution in [2.45, 2.75) is 32.4 Å². The summed E-state index contributed by atoms with van der Waals surface area (Å²) < 4.78 is 6.65. The lowest BCUT2D eigenvalue weighted by Gasteiger charge is -2.35. The van der Waals surface area contributed by atoms with E-state index in [9.17, 15) is 9.90 Å². The van der Waals surface area contributed by atoms with Crippen LogP contribution in [0.15, 0.2) is 24.3 Å². The van der Waals surface area contributed by atoms with E-state index in [1.807, 2.05) is 0 Å². The van der Waals surface area contributed by atoms with Gasteiger partial charge in [0.2, 0.25) is 0 Å². The standard InChI is InChI=1S/C16H22INO3/c1-3-8-18(15-10-21-9-14(15)16(19)20)11(2)12-4-6-13(17)7-5-12/h4-7,11,14-15H,3,8-10H2,1-2H3,(H,19,20). The van der Waals surface area contributed by atoms with Crippen molar-refractivity contribution in [3.05, 3.63) is 33.4 Å². The summed E-state index contributed by atoms with van der Waals surface area (Å²) in [6.07, 6.45) is 0.998. The van der Waals surface area contributed by atoms with E-state index in [1.54, 1.807) is 0 Å². The van der Waals surface area contributed by atoms with E-state index in [0.29, 0.717) is 13.2 Å². The maximum Gasteiger partial charge on any atom is 0.310 e. The van der Waals surface area contributed by atoms with E-state index in [4.69, 9.17) is 4.74 Å². The molecule has 21 heavy (non-hydrogen) atoms. The summed E-state index contributed by atoms with van der Waals surface area (Å²) in [5, 5.41) is 9.38. The Labute approximate surface area is 139 Å². The van der Waals surface area contributed by atoms with Gasteiger partial charge in [0.15, 0.2) is 0 Å². The topological polar surface area (TPSA) is 49.8 Å². The Kier molecular flexibility index (Phi) is 6.01. The van der Waals surface area contributed by atoms with Crippen molar-refractivity contribution in [3.8, 4) is 0 Å². The Hall–Kier alpha value is -0.660. The van der Waals surface area contributed by atoms with Gasteiger partial charge in [0.05, 0.1) is 19.1 Å². The summed E-state index contributed by atoms with van der Waals surface area (Å²) in [6.45, 7) is 5.98. The van der Waals surface area contributed by atoms with Gasteiger partial charge < -0.3 is 9.84 Å². The predicted molar refractivity (Wildman–Crippen MR) is 90.3 cm³/mol. The van der Waals surface area contributed by atoms with Crippen molar-refractivity contribution in [1.82, 2.24) is 4.90 Å². The average Bonchev–Trinajstić information content (AvgIpc) is 2.94. The molecule has 3 atom stereocenters. The predicted octanol–water partition coefficient (Wildman–Crippen LogP) is 3.16. The van der Waals surface area contributed by atoms with Gasteiger partial charge in [-0.25, -0.2) is 0 Å². The second kappa shape index (κ2) is 7.56. The molecule has 2 rings (SSSR count). The normalized spacial score (nSPS) is 23.4. The van der Waals surface area contributed by atoms with E-state index >= 15 is 0 Å². The maximum atomic E-state index is 11.4. The third-order valence-corrected chi connectivity index (χ3v) is 4.84. The van der Waals surface area contributed by atoms with Gasteiger partial charge in [0.25, 0.3) is 0 Å². The molecule has 116 valence electrons. The fourth-order valence-corrected chi connectivity index (χ4v) is 3.30. The van der Waals surface area contributed by atoms with E-state index in [2.05, 4.69) is 65.6 Å². The van der Waals surface area contributed by atoms with Gasteiger partial charge in [-0.05, 0) is 60.2 Å². The molecule has 5 heteroatoms. The first kappa shape index (κ1) is 16.7. The van der Waals surface area contributed by atoms with Crippen LogP contribution in [0.5, 0.6) is 0 Å². The maximum absolute atomic E-state index is 11.4. The lowest BCUT2D eigenvalue weighted by molar-refractivity contribution is -0.143. The van der Waals surface area contributed by atoms with Crippen molar-refractivity contribution < 1.29 is 14.6 Å². The third kappa shape index (κ3) is 3.96. The number of hydrogen-bond donors (Lipinski definition) is 1. The number of carbonyl (C=O) groups is 1. The fraction of sp³-hybridized carbons (Fsp3) is 0.562. The number of carboxylic acids is 1. The molecule has 3 unspecified atom stereocenters. The van der Waals surface area contributed by atoms with Gasteiger partial charge in [-0.15, -0.1) is 0 Å². The second-order valence-corrected chi connectivity index (χ2v) is 6.76. The van der Waals surface area contributed by atoms with Crippen molar-refractivity contribution in [3.63, 3.8) is 0 Å². The number of rotatable bonds is 6. The molecule has 0 spiro atoms. The summed E-state index contributed by atoms with van der Waals surface area (Å²) >= 11 is 2.29. The van der Waals surface area contributed by atoms with Crippen LogP contribution in [0.25, 0.3) is 0 Å². The summed E-state index contributed by atoms with van der Waals surface area (Å²) in [5.74, 6) is -1.18. The molecule has 0 amide bonds. The van der Waals surface area contributed by atoms with E-state index in [-0.39, 0.29) is 12.1 Å². The first-order chi connectivity index (χ1) is 10.0. The van der Waals surface area contributed by atoms with Crippen LogP contribution in [0, 0.1) is 9.49 Å². The molecule has 1 aliphatic rings. The van der Waals surface area contributed by atoms with Crippen LogP contribution in [0.1, 0.15) is 31.9 Å². The highest BCUT2D eigenvalue weighted by Crippen LogP contribution is 2.29. The van der Waals surface area contributed by atoms with Crippen LogP contribution < -0.4 is 0 Å². The first-order valence-corrected chi connectivity index (χ1v) is 8.44. The zero-order valence-corrected chi connectivity index (χ0v) is 14.6. The van der Waals surface area contributed by atoms with Crippen molar-refractivity contribution >= 4 is 28.6 Å². The average molecular weight is 403 g/mol. The minimum Gasteiger partial charge on any atom is -0.481 e. The van der Waals surface area contributed by atoms with Gasteiger partial charge in [0.1, 0.15) is 0 Å². The van der Waals surface area contributed by atoms with Gasteiger partial charge in [-0.3, -0.25) is 9.69 Å². The number of halogens is 1. The van der Waals surface area contributed by atoms with Crippen LogP contribution >= 0.6 is 22.6 Å². The molecule has 1 N–H and O–H groups in total. The number of benzene rings is 1. The van der Waals surface area contributed by atoms with Crippen molar-refractivity contribution in [1.29, 1.82) is 0 Å². The van der Waals surface area contributed by atoms with E-state index in [0.717, 1.165) is 13.0 Å². The molecular formula is C16H22INO3. The highest BCUT2D eigenvalue weighted by Gasteiger charge is 2.39. The fourth-order valence-electron chi connectivity index (χ4n) is 2.94. The monoisotopic (exact) mass is 403 g/mol. The lowest BCUT2D eigenvalue weighted by atomic mass is 9.98. The summed E-state index contributed by atoms with van der Waals surface area (Å²) in [5.41, 5.74) is 1.22. The Morgan fingerprint density at radius 3 is 2.67 bits per heavy atom. The molecule has 1 heterocycles.